The van der Waals surface area contributed by atoms with Crippen molar-refractivity contribution in [2.24, 2.45) is 0 Å². The Kier molecular flexibility index (Phi) is 4.06. The van der Waals surface area contributed by atoms with Crippen molar-refractivity contribution in [3.8, 4) is 0 Å². The number of hydrogen-bond donors (Lipinski definition) is 0. The lowest BCUT2D eigenvalue weighted by atomic mass is 10.1. The van der Waals surface area contributed by atoms with Gasteiger partial charge in [-0.15, -0.1) is 0 Å². The van der Waals surface area contributed by atoms with Crippen LogP contribution >= 0.6 is 0 Å². The molecule has 1 aromatic heterocycles. The fourth-order valence-corrected chi connectivity index (χ4v) is 3.86. The highest BCUT2D eigenvalue weighted by molar-refractivity contribution is 5.83. The Bertz CT molecular complexity index is 1330. The molecule has 0 N–H and O–H groups in total. The van der Waals surface area contributed by atoms with Gasteiger partial charge in [0.05, 0.1) is 24.1 Å². The van der Waals surface area contributed by atoms with E-state index >= 15 is 0 Å². The summed E-state index contributed by atoms with van der Waals surface area (Å²) in [5, 5.41) is 2.41. The van der Waals surface area contributed by atoms with Crippen molar-refractivity contribution in [1.29, 1.82) is 0 Å². The van der Waals surface area contributed by atoms with Crippen LogP contribution in [0.1, 0.15) is 11.1 Å². The molecule has 0 fully saturated rings. The molecule has 5 rings (SSSR count). The lowest BCUT2D eigenvalue weighted by Gasteiger charge is -2.06. The number of aromatic nitrogens is 2. The van der Waals surface area contributed by atoms with E-state index in [2.05, 4.69) is 42.5 Å². The summed E-state index contributed by atoms with van der Waals surface area (Å²) in [6.07, 6.45) is 0. The van der Waals surface area contributed by atoms with E-state index < -0.39 is 0 Å². The zero-order chi connectivity index (χ0) is 18.9. The highest BCUT2D eigenvalue weighted by Gasteiger charge is 2.13. The Morgan fingerprint density at radius 1 is 0.536 bits per heavy atom. The van der Waals surface area contributed by atoms with Crippen molar-refractivity contribution >= 4 is 21.8 Å². The van der Waals surface area contributed by atoms with Gasteiger partial charge in [-0.05, 0) is 40.1 Å². The van der Waals surface area contributed by atoms with E-state index in [9.17, 15) is 4.79 Å². The number of rotatable bonds is 4. The molecule has 0 aliphatic rings. The van der Waals surface area contributed by atoms with Gasteiger partial charge in [0, 0.05) is 0 Å². The van der Waals surface area contributed by atoms with Gasteiger partial charge in [-0.3, -0.25) is 9.13 Å². The molecule has 4 aromatic carbocycles. The Hall–Kier alpha value is -3.59. The van der Waals surface area contributed by atoms with E-state index in [-0.39, 0.29) is 5.69 Å². The van der Waals surface area contributed by atoms with Gasteiger partial charge in [0.2, 0.25) is 0 Å². The minimum absolute atomic E-state index is 0.0261. The molecule has 0 spiro atoms. The lowest BCUT2D eigenvalue weighted by molar-refractivity contribution is 0.701. The third kappa shape index (κ3) is 2.91. The molecule has 0 aliphatic carbocycles. The van der Waals surface area contributed by atoms with Crippen LogP contribution in [0.15, 0.2) is 102 Å². The minimum Gasteiger partial charge on any atom is -0.287 e. The molecule has 0 amide bonds. The maximum absolute atomic E-state index is 13.3. The van der Waals surface area contributed by atoms with Crippen LogP contribution in [0, 0.1) is 0 Å². The second kappa shape index (κ2) is 6.86. The number of fused-ring (bicyclic) bond motifs is 2. The van der Waals surface area contributed by atoms with Crippen LogP contribution in [0.3, 0.4) is 0 Å². The third-order valence-electron chi connectivity index (χ3n) is 5.26. The highest BCUT2D eigenvalue weighted by atomic mass is 16.1. The fourth-order valence-electron chi connectivity index (χ4n) is 3.86. The van der Waals surface area contributed by atoms with Gasteiger partial charge in [-0.25, -0.2) is 4.79 Å². The zero-order valence-electron chi connectivity index (χ0n) is 15.5. The monoisotopic (exact) mass is 364 g/mol. The molecule has 0 saturated heterocycles. The van der Waals surface area contributed by atoms with Gasteiger partial charge >= 0.3 is 5.69 Å². The number of para-hydroxylation sites is 2. The molecule has 3 nitrogen and oxygen atoms in total. The van der Waals surface area contributed by atoms with E-state index in [1.165, 1.54) is 10.8 Å². The first-order valence-corrected chi connectivity index (χ1v) is 9.49. The summed E-state index contributed by atoms with van der Waals surface area (Å²) in [6, 6.07) is 32.9. The van der Waals surface area contributed by atoms with Crippen LogP contribution in [-0.4, -0.2) is 9.13 Å². The number of imidazole rings is 1. The van der Waals surface area contributed by atoms with E-state index in [4.69, 9.17) is 0 Å². The second-order valence-electron chi connectivity index (χ2n) is 7.11. The summed E-state index contributed by atoms with van der Waals surface area (Å²) >= 11 is 0. The van der Waals surface area contributed by atoms with Crippen LogP contribution in [0.5, 0.6) is 0 Å². The molecule has 1 heterocycles. The standard InChI is InChI=1S/C25H20N2O/c28-25-26(17-19-8-2-1-3-9-19)23-12-6-7-13-24(23)27(25)18-20-14-15-21-10-4-5-11-22(21)16-20/h1-16H,17-18H2. The van der Waals surface area contributed by atoms with Crippen molar-refractivity contribution in [3.63, 3.8) is 0 Å². The van der Waals surface area contributed by atoms with Crippen molar-refractivity contribution in [3.05, 3.63) is 119 Å². The maximum Gasteiger partial charge on any atom is 0.329 e. The second-order valence-corrected chi connectivity index (χ2v) is 7.11. The van der Waals surface area contributed by atoms with Crippen LogP contribution in [0.25, 0.3) is 21.8 Å². The topological polar surface area (TPSA) is 26.9 Å². The molecule has 0 radical (unpaired) electrons. The first-order chi connectivity index (χ1) is 13.8. The van der Waals surface area contributed by atoms with Gasteiger partial charge in [0.15, 0.2) is 0 Å². The number of benzene rings is 4. The molecule has 0 atom stereocenters. The summed E-state index contributed by atoms with van der Waals surface area (Å²) in [6.45, 7) is 1.14. The Morgan fingerprint density at radius 2 is 1.11 bits per heavy atom. The van der Waals surface area contributed by atoms with Gasteiger partial charge < -0.3 is 0 Å². The average molecular weight is 364 g/mol. The zero-order valence-corrected chi connectivity index (χ0v) is 15.5. The first-order valence-electron chi connectivity index (χ1n) is 9.49. The molecule has 0 unspecified atom stereocenters. The summed E-state index contributed by atoms with van der Waals surface area (Å²) in [5.74, 6) is 0. The fraction of sp³-hybridized carbons (Fsp3) is 0.0800. The normalized spacial score (nSPS) is 11.3. The Morgan fingerprint density at radius 3 is 1.82 bits per heavy atom. The highest BCUT2D eigenvalue weighted by Crippen LogP contribution is 2.19. The molecule has 0 bridgehead atoms. The summed E-state index contributed by atoms with van der Waals surface area (Å²) in [4.78, 5) is 13.3. The number of hydrogen-bond acceptors (Lipinski definition) is 1. The van der Waals surface area contributed by atoms with E-state index in [1.54, 1.807) is 0 Å². The van der Waals surface area contributed by atoms with Crippen LogP contribution in [0.4, 0.5) is 0 Å². The summed E-state index contributed by atoms with van der Waals surface area (Å²) < 4.78 is 3.74. The van der Waals surface area contributed by atoms with Crippen LogP contribution < -0.4 is 5.69 Å². The SMILES string of the molecule is O=c1n(Cc2ccccc2)c2ccccc2n1Cc1ccc2ccccc2c1. The van der Waals surface area contributed by atoms with Crippen molar-refractivity contribution < 1.29 is 0 Å². The quantitative estimate of drug-likeness (QED) is 0.438. The lowest BCUT2D eigenvalue weighted by Crippen LogP contribution is -2.25. The average Bonchev–Trinajstić information content (AvgIpc) is 3.00. The van der Waals surface area contributed by atoms with Gasteiger partial charge in [0.1, 0.15) is 0 Å². The number of nitrogens with zero attached hydrogens (tertiary/aromatic N) is 2. The van der Waals surface area contributed by atoms with Crippen LogP contribution in [-0.2, 0) is 13.1 Å². The van der Waals surface area contributed by atoms with Crippen molar-refractivity contribution in [1.82, 2.24) is 9.13 Å². The van der Waals surface area contributed by atoms with Crippen LogP contribution in [0.2, 0.25) is 0 Å². The Balaban J connectivity index is 1.61. The molecule has 3 heteroatoms. The molecule has 136 valence electrons. The largest absolute Gasteiger partial charge is 0.329 e. The molecular formula is C25H20N2O. The molecule has 0 saturated carbocycles. The molecule has 28 heavy (non-hydrogen) atoms. The van der Waals surface area contributed by atoms with Gasteiger partial charge in [0.25, 0.3) is 0 Å². The van der Waals surface area contributed by atoms with E-state index in [0.717, 1.165) is 22.2 Å². The first kappa shape index (κ1) is 16.6. The van der Waals surface area contributed by atoms with E-state index in [0.29, 0.717) is 13.1 Å². The van der Waals surface area contributed by atoms with Crippen molar-refractivity contribution in [2.45, 2.75) is 13.1 Å². The van der Waals surface area contributed by atoms with Crippen molar-refractivity contribution in [2.75, 3.05) is 0 Å². The summed E-state index contributed by atoms with van der Waals surface area (Å²) in [5.41, 5.74) is 4.22. The third-order valence-corrected chi connectivity index (χ3v) is 5.26. The predicted octanol–water partition coefficient (Wildman–Crippen LogP) is 5.05. The smallest absolute Gasteiger partial charge is 0.287 e. The maximum atomic E-state index is 13.3. The molecule has 5 aromatic rings. The van der Waals surface area contributed by atoms with E-state index in [1.807, 2.05) is 63.7 Å². The molecule has 0 aliphatic heterocycles. The van der Waals surface area contributed by atoms with Gasteiger partial charge in [-0.2, -0.15) is 0 Å². The molecular weight excluding hydrogens is 344 g/mol. The Labute approximate surface area is 163 Å². The summed E-state index contributed by atoms with van der Waals surface area (Å²) in [7, 11) is 0. The van der Waals surface area contributed by atoms with Gasteiger partial charge in [-0.1, -0.05) is 78.9 Å². The minimum atomic E-state index is 0.0261. The predicted molar refractivity (Wildman–Crippen MR) is 115 cm³/mol.